The summed E-state index contributed by atoms with van der Waals surface area (Å²) in [7, 11) is 0. The average Bonchev–Trinajstić information content (AvgIpc) is 3.89. The van der Waals surface area contributed by atoms with E-state index in [0.29, 0.717) is 0 Å². The van der Waals surface area contributed by atoms with Crippen LogP contribution < -0.4 is 0 Å². The summed E-state index contributed by atoms with van der Waals surface area (Å²) < 4.78 is 0. The van der Waals surface area contributed by atoms with Gasteiger partial charge >= 0.3 is 0 Å². The summed E-state index contributed by atoms with van der Waals surface area (Å²) in [5.41, 5.74) is 15.1. The molecule has 4 aromatic heterocycles. The van der Waals surface area contributed by atoms with Gasteiger partial charge in [0.05, 0.1) is 21.8 Å². The van der Waals surface area contributed by atoms with Crippen molar-refractivity contribution in [3.63, 3.8) is 0 Å². The molecule has 0 spiro atoms. The molecule has 0 atom stereocenters. The van der Waals surface area contributed by atoms with Crippen molar-refractivity contribution in [2.45, 2.75) is 13.8 Å². The number of rotatable bonds is 4. The van der Waals surface area contributed by atoms with Crippen LogP contribution in [0.25, 0.3) is 78.6 Å². The summed E-state index contributed by atoms with van der Waals surface area (Å²) in [6.45, 7) is 4.15. The molecule has 0 saturated heterocycles. The zero-order chi connectivity index (χ0) is 31.4. The van der Waals surface area contributed by atoms with Crippen LogP contribution in [-0.4, -0.2) is 24.9 Å². The highest BCUT2D eigenvalue weighted by atomic mass is 16.6. The van der Waals surface area contributed by atoms with Crippen LogP contribution in [0.5, 0.6) is 0 Å². The lowest BCUT2D eigenvalue weighted by Crippen LogP contribution is -1.89. The Morgan fingerprint density at radius 3 is 1.54 bits per heavy atom. The van der Waals surface area contributed by atoms with Crippen LogP contribution in [-0.2, 0) is 0 Å². The molecule has 7 aromatic rings. The van der Waals surface area contributed by atoms with E-state index in [1.54, 1.807) is 12.1 Å². The van der Waals surface area contributed by atoms with Crippen molar-refractivity contribution in [2.24, 2.45) is 0 Å². The maximum absolute atomic E-state index is 11.8. The second kappa shape index (κ2) is 10.7. The number of nitrogens with one attached hydrogen (secondary N) is 3. The number of aromatic nitrogens is 4. The number of non-ortho nitro benzene ring substituents is 1. The number of fused-ring (bicyclic) bond motifs is 9. The lowest BCUT2D eigenvalue weighted by Gasteiger charge is -2.06. The summed E-state index contributed by atoms with van der Waals surface area (Å²) in [6.07, 6.45) is 4.11. The van der Waals surface area contributed by atoms with Crippen molar-refractivity contribution < 1.29 is 4.92 Å². The van der Waals surface area contributed by atoms with E-state index in [0.717, 1.165) is 77.9 Å². The highest BCUT2D eigenvalue weighted by molar-refractivity contribution is 6.00. The number of nitrogens with zero attached hydrogens (tertiary/aromatic N) is 2. The van der Waals surface area contributed by atoms with Gasteiger partial charge in [-0.3, -0.25) is 10.1 Å². The van der Waals surface area contributed by atoms with Gasteiger partial charge in [-0.1, -0.05) is 71.8 Å². The smallest absolute Gasteiger partial charge is 0.270 e. The summed E-state index contributed by atoms with van der Waals surface area (Å²) in [6, 6.07) is 36.1. The molecule has 3 N–H and O–H groups in total. The molecule has 3 aromatic carbocycles. The van der Waals surface area contributed by atoms with E-state index in [9.17, 15) is 10.1 Å². The second-order valence-electron chi connectivity index (χ2n) is 11.7. The van der Waals surface area contributed by atoms with Crippen molar-refractivity contribution in [1.29, 1.82) is 0 Å². The fraction of sp³-hybridized carbons (Fsp3) is 0.0513. The van der Waals surface area contributed by atoms with Gasteiger partial charge in [0.15, 0.2) is 0 Å². The van der Waals surface area contributed by atoms with E-state index in [2.05, 4.69) is 108 Å². The minimum atomic E-state index is -0.356. The second-order valence-corrected chi connectivity index (χ2v) is 11.7. The van der Waals surface area contributed by atoms with E-state index in [1.807, 2.05) is 24.3 Å². The zero-order valence-corrected chi connectivity index (χ0v) is 25.3. The molecule has 0 unspecified atom stereocenters. The Bertz CT molecular complexity index is 2460. The molecule has 7 nitrogen and oxygen atoms in total. The van der Waals surface area contributed by atoms with Crippen molar-refractivity contribution in [2.75, 3.05) is 0 Å². The first kappa shape index (κ1) is 27.3. The van der Waals surface area contributed by atoms with E-state index in [4.69, 9.17) is 4.98 Å². The lowest BCUT2D eigenvalue weighted by molar-refractivity contribution is -0.384. The fourth-order valence-electron chi connectivity index (χ4n) is 6.28. The average molecular weight is 600 g/mol. The number of nitro benzene ring substituents is 1. The van der Waals surface area contributed by atoms with Gasteiger partial charge in [-0.25, -0.2) is 4.98 Å². The van der Waals surface area contributed by atoms with Crippen LogP contribution in [0.4, 0.5) is 5.69 Å². The third-order valence-electron chi connectivity index (χ3n) is 8.60. The Morgan fingerprint density at radius 2 is 0.978 bits per heavy atom. The molecule has 1 aliphatic rings. The molecule has 46 heavy (non-hydrogen) atoms. The van der Waals surface area contributed by atoms with Gasteiger partial charge < -0.3 is 15.0 Å². The first-order valence-electron chi connectivity index (χ1n) is 15.1. The normalized spacial score (nSPS) is 11.8. The molecule has 0 aliphatic carbocycles. The number of hydrogen-bond acceptors (Lipinski definition) is 3. The summed E-state index contributed by atoms with van der Waals surface area (Å²) in [4.78, 5) is 27.6. The van der Waals surface area contributed by atoms with Gasteiger partial charge in [0.1, 0.15) is 0 Å². The lowest BCUT2D eigenvalue weighted by atomic mass is 10.0. The number of benzene rings is 3. The Kier molecular flexibility index (Phi) is 6.39. The number of aryl methyl sites for hydroxylation is 2. The summed E-state index contributed by atoms with van der Waals surface area (Å²) >= 11 is 0. The maximum Gasteiger partial charge on any atom is 0.270 e. The number of aromatic amines is 3. The van der Waals surface area contributed by atoms with Crippen molar-refractivity contribution in [3.8, 4) is 33.4 Å². The topological polar surface area (TPSA) is 103 Å². The number of hydrogen-bond donors (Lipinski definition) is 3. The molecule has 0 amide bonds. The van der Waals surface area contributed by atoms with Gasteiger partial charge in [-0.15, -0.1) is 0 Å². The predicted molar refractivity (Wildman–Crippen MR) is 188 cm³/mol. The molecule has 5 heterocycles. The minimum Gasteiger partial charge on any atom is -0.354 e. The first-order valence-corrected chi connectivity index (χ1v) is 15.1. The van der Waals surface area contributed by atoms with Crippen LogP contribution in [0.15, 0.2) is 109 Å². The quantitative estimate of drug-likeness (QED) is 0.138. The molecule has 222 valence electrons. The minimum absolute atomic E-state index is 0.0331. The van der Waals surface area contributed by atoms with Gasteiger partial charge in [-0.2, -0.15) is 0 Å². The van der Waals surface area contributed by atoms with Gasteiger partial charge in [0.2, 0.25) is 0 Å². The predicted octanol–water partition coefficient (Wildman–Crippen LogP) is 10.2. The van der Waals surface area contributed by atoms with Gasteiger partial charge in [0, 0.05) is 56.4 Å². The third-order valence-corrected chi connectivity index (χ3v) is 8.60. The molecule has 8 rings (SSSR count). The standard InChI is InChI=1S/C39H29N5O2/c1-23-6-10-25(11-7-23)37-31-16-14-29(40-31)30-15-17-32(41-30)38(26-12-8-24(2)9-13-26)34-19-21-36(43-34)39(35-20-18-33(37)42-35)27-4-3-5-28(22-27)44(45)46/h3-22,40,42-43H,1-2H3. The maximum atomic E-state index is 11.8. The van der Waals surface area contributed by atoms with Crippen LogP contribution in [0.2, 0.25) is 0 Å². The van der Waals surface area contributed by atoms with Crippen LogP contribution in [0, 0.1) is 24.0 Å². The largest absolute Gasteiger partial charge is 0.354 e. The van der Waals surface area contributed by atoms with E-state index in [-0.39, 0.29) is 10.6 Å². The molecule has 8 bridgehead atoms. The Hall–Kier alpha value is -6.21. The molecular weight excluding hydrogens is 570 g/mol. The van der Waals surface area contributed by atoms with Crippen molar-refractivity contribution in [1.82, 2.24) is 19.9 Å². The molecule has 7 heteroatoms. The van der Waals surface area contributed by atoms with Crippen LogP contribution in [0.3, 0.4) is 0 Å². The highest BCUT2D eigenvalue weighted by Gasteiger charge is 2.16. The molecule has 0 saturated carbocycles. The Balaban J connectivity index is 1.55. The molecular formula is C39H29N5O2. The summed E-state index contributed by atoms with van der Waals surface area (Å²) in [5.74, 6) is 0. The van der Waals surface area contributed by atoms with Crippen LogP contribution >= 0.6 is 0 Å². The van der Waals surface area contributed by atoms with E-state index in [1.165, 1.54) is 17.2 Å². The monoisotopic (exact) mass is 599 g/mol. The zero-order valence-electron chi connectivity index (χ0n) is 25.3. The van der Waals surface area contributed by atoms with E-state index >= 15 is 0 Å². The van der Waals surface area contributed by atoms with Crippen molar-refractivity contribution in [3.05, 3.63) is 142 Å². The Morgan fingerprint density at radius 1 is 0.522 bits per heavy atom. The van der Waals surface area contributed by atoms with Crippen molar-refractivity contribution >= 4 is 50.9 Å². The van der Waals surface area contributed by atoms with Gasteiger partial charge in [0.25, 0.3) is 5.69 Å². The number of nitro groups is 1. The first-order chi connectivity index (χ1) is 22.4. The Labute approximate surface area is 264 Å². The molecule has 0 radical (unpaired) electrons. The third kappa shape index (κ3) is 4.75. The molecule has 1 aliphatic heterocycles. The SMILES string of the molecule is Cc1ccc(-c2c3nc(c4ccc([nH]4)c(-c4ccc(C)cc4)c4ccc([nH]4)c(-c4cccc([N+](=O)[O-])c4)c4ccc2[nH]4)C=C3)cc1. The van der Waals surface area contributed by atoms with E-state index < -0.39 is 0 Å². The summed E-state index contributed by atoms with van der Waals surface area (Å²) in [5, 5.41) is 11.8. The molecule has 0 fully saturated rings. The van der Waals surface area contributed by atoms with Gasteiger partial charge in [-0.05, 0) is 79.1 Å². The fourth-order valence-corrected chi connectivity index (χ4v) is 6.28. The highest BCUT2D eigenvalue weighted by Crippen LogP contribution is 2.36. The number of H-pyrrole nitrogens is 3. The van der Waals surface area contributed by atoms with Crippen LogP contribution in [0.1, 0.15) is 22.5 Å².